The molecule has 35 heavy (non-hydrogen) atoms. The van der Waals surface area contributed by atoms with Gasteiger partial charge in [-0.25, -0.2) is 4.79 Å². The number of esters is 1. The van der Waals surface area contributed by atoms with Gasteiger partial charge in [0, 0.05) is 28.9 Å². The van der Waals surface area contributed by atoms with E-state index in [2.05, 4.69) is 10.3 Å². The van der Waals surface area contributed by atoms with Crippen molar-refractivity contribution in [3.63, 3.8) is 0 Å². The van der Waals surface area contributed by atoms with Crippen molar-refractivity contribution < 1.29 is 32.2 Å². The fourth-order valence-electron chi connectivity index (χ4n) is 3.83. The molecule has 1 aliphatic heterocycles. The number of cyclic esters (lactones) is 1. The third kappa shape index (κ3) is 5.29. The number of hydrogen-bond acceptors (Lipinski definition) is 6. The lowest BCUT2D eigenvalue weighted by atomic mass is 10.0. The van der Waals surface area contributed by atoms with Gasteiger partial charge in [-0.3, -0.25) is 14.5 Å². The van der Waals surface area contributed by atoms with Crippen LogP contribution in [-0.4, -0.2) is 49.9 Å². The maximum atomic E-state index is 13.4. The van der Waals surface area contributed by atoms with E-state index in [9.17, 15) is 27.6 Å². The lowest BCUT2D eigenvalue weighted by Gasteiger charge is -2.15. The molecule has 1 amide bonds. The van der Waals surface area contributed by atoms with E-state index in [1.807, 2.05) is 0 Å². The first kappa shape index (κ1) is 24.3. The maximum absolute atomic E-state index is 13.4. The largest absolute Gasteiger partial charge is 0.462 e. The Morgan fingerprint density at radius 3 is 2.71 bits per heavy atom. The molecule has 4 rings (SSSR count). The number of carbonyl (C=O) groups excluding carboxylic acids is 2. The van der Waals surface area contributed by atoms with E-state index in [1.54, 1.807) is 19.2 Å². The highest BCUT2D eigenvalue weighted by Crippen LogP contribution is 2.36. The molecule has 8 nitrogen and oxygen atoms in total. The van der Waals surface area contributed by atoms with E-state index in [1.165, 1.54) is 35.2 Å². The smallest absolute Gasteiger partial charge is 0.417 e. The van der Waals surface area contributed by atoms with Gasteiger partial charge in [0.15, 0.2) is 6.10 Å². The van der Waals surface area contributed by atoms with Gasteiger partial charge in [-0.2, -0.15) is 13.2 Å². The van der Waals surface area contributed by atoms with Crippen molar-refractivity contribution in [3.05, 3.63) is 64.4 Å². The number of nitrogens with zero attached hydrogens (tertiary/aromatic N) is 1. The lowest BCUT2D eigenvalue weighted by Crippen LogP contribution is -2.27. The van der Waals surface area contributed by atoms with Crippen LogP contribution in [0.5, 0.6) is 0 Å². The highest BCUT2D eigenvalue weighted by molar-refractivity contribution is 5.94. The van der Waals surface area contributed by atoms with E-state index in [-0.39, 0.29) is 36.2 Å². The monoisotopic (exact) mass is 489 g/mol. The fraction of sp³-hybridized carbons (Fsp3) is 0.292. The van der Waals surface area contributed by atoms with Gasteiger partial charge in [0.1, 0.15) is 6.61 Å². The van der Waals surface area contributed by atoms with Crippen LogP contribution in [0.3, 0.4) is 0 Å². The summed E-state index contributed by atoms with van der Waals surface area (Å²) in [5, 5.41) is 3.44. The predicted octanol–water partition coefficient (Wildman–Crippen LogP) is 3.69. The first-order valence-corrected chi connectivity index (χ1v) is 10.8. The molecule has 0 spiro atoms. The Morgan fingerprint density at radius 1 is 1.20 bits per heavy atom. The Kier molecular flexibility index (Phi) is 6.79. The molecule has 1 unspecified atom stereocenters. The zero-order chi connectivity index (χ0) is 25.2. The third-order valence-corrected chi connectivity index (χ3v) is 5.55. The van der Waals surface area contributed by atoms with Gasteiger partial charge >= 0.3 is 18.2 Å². The Morgan fingerprint density at radius 2 is 1.97 bits per heavy atom. The minimum absolute atomic E-state index is 0.0314. The third-order valence-electron chi connectivity index (χ3n) is 5.55. The summed E-state index contributed by atoms with van der Waals surface area (Å²) in [7, 11) is 1.71. The summed E-state index contributed by atoms with van der Waals surface area (Å²) < 4.78 is 50.6. The van der Waals surface area contributed by atoms with Gasteiger partial charge in [-0.15, -0.1) is 0 Å². The van der Waals surface area contributed by atoms with Crippen LogP contribution in [0.25, 0.3) is 22.0 Å². The second-order valence-electron chi connectivity index (χ2n) is 7.98. The Bertz CT molecular complexity index is 1320. The summed E-state index contributed by atoms with van der Waals surface area (Å²) in [6.07, 6.45) is -5.73. The SMILES string of the molecule is CNCCC(=O)OCC1CN(c2ccc3cc(-c4ccccc4C(F)(F)F)[nH]c(=O)c3c2)C(=O)O1. The van der Waals surface area contributed by atoms with E-state index in [0.29, 0.717) is 17.6 Å². The fourth-order valence-corrected chi connectivity index (χ4v) is 3.83. The zero-order valence-corrected chi connectivity index (χ0v) is 18.6. The molecule has 2 aromatic carbocycles. The number of halogens is 3. The summed E-state index contributed by atoms with van der Waals surface area (Å²) in [4.78, 5) is 40.6. The number of aromatic nitrogens is 1. The minimum Gasteiger partial charge on any atom is -0.462 e. The van der Waals surface area contributed by atoms with Crippen molar-refractivity contribution in [2.24, 2.45) is 0 Å². The topological polar surface area (TPSA) is 101 Å². The van der Waals surface area contributed by atoms with Crippen molar-refractivity contribution in [2.75, 3.05) is 31.6 Å². The average Bonchev–Trinajstić information content (AvgIpc) is 3.21. The number of ether oxygens (including phenoxy) is 2. The van der Waals surface area contributed by atoms with Crippen LogP contribution in [-0.2, 0) is 20.4 Å². The molecule has 2 heterocycles. The summed E-state index contributed by atoms with van der Waals surface area (Å²) in [5.74, 6) is -0.422. The highest BCUT2D eigenvalue weighted by atomic mass is 19.4. The van der Waals surface area contributed by atoms with Crippen molar-refractivity contribution in [1.29, 1.82) is 0 Å². The molecule has 3 aromatic rings. The lowest BCUT2D eigenvalue weighted by molar-refractivity contribution is -0.145. The number of anilines is 1. The molecule has 184 valence electrons. The van der Waals surface area contributed by atoms with Gasteiger partial charge in [-0.1, -0.05) is 24.3 Å². The van der Waals surface area contributed by atoms with E-state index >= 15 is 0 Å². The van der Waals surface area contributed by atoms with Crippen LogP contribution in [0.1, 0.15) is 12.0 Å². The van der Waals surface area contributed by atoms with Crippen molar-refractivity contribution in [3.8, 4) is 11.3 Å². The molecule has 1 saturated heterocycles. The van der Waals surface area contributed by atoms with Crippen molar-refractivity contribution >= 4 is 28.5 Å². The van der Waals surface area contributed by atoms with Crippen molar-refractivity contribution in [2.45, 2.75) is 18.7 Å². The minimum atomic E-state index is -4.58. The Balaban J connectivity index is 1.57. The number of hydrogen-bond donors (Lipinski definition) is 2. The van der Waals surface area contributed by atoms with Gasteiger partial charge in [0.2, 0.25) is 0 Å². The standard InChI is InChI=1S/C24H22F3N3O5/c1-28-9-8-21(31)34-13-16-12-30(23(33)35-16)15-7-6-14-10-20(29-22(32)18(14)11-15)17-4-2-3-5-19(17)24(25,26)27/h2-7,10-11,16,28H,8-9,12-13H2,1H3,(H,29,32). The van der Waals surface area contributed by atoms with Gasteiger partial charge in [0.05, 0.1) is 18.5 Å². The van der Waals surface area contributed by atoms with Gasteiger partial charge in [-0.05, 0) is 36.7 Å². The number of pyridine rings is 1. The maximum Gasteiger partial charge on any atom is 0.417 e. The molecule has 11 heteroatoms. The van der Waals surface area contributed by atoms with Crippen LogP contribution >= 0.6 is 0 Å². The molecule has 1 aliphatic rings. The first-order chi connectivity index (χ1) is 16.7. The van der Waals surface area contributed by atoms with Crippen LogP contribution in [0.4, 0.5) is 23.7 Å². The van der Waals surface area contributed by atoms with Gasteiger partial charge < -0.3 is 19.8 Å². The van der Waals surface area contributed by atoms with Crippen LogP contribution < -0.4 is 15.8 Å². The molecule has 0 radical (unpaired) electrons. The number of nitrogens with one attached hydrogen (secondary N) is 2. The number of rotatable bonds is 7. The highest BCUT2D eigenvalue weighted by Gasteiger charge is 2.34. The predicted molar refractivity (Wildman–Crippen MR) is 122 cm³/mol. The molecule has 0 saturated carbocycles. The average molecular weight is 489 g/mol. The van der Waals surface area contributed by atoms with Crippen LogP contribution in [0.15, 0.2) is 53.3 Å². The molecule has 2 N–H and O–H groups in total. The first-order valence-electron chi connectivity index (χ1n) is 10.8. The second-order valence-corrected chi connectivity index (χ2v) is 7.98. The van der Waals surface area contributed by atoms with Gasteiger partial charge in [0.25, 0.3) is 5.56 Å². The molecule has 0 bridgehead atoms. The summed E-state index contributed by atoms with van der Waals surface area (Å²) in [5.41, 5.74) is -1.19. The van der Waals surface area contributed by atoms with Crippen LogP contribution in [0.2, 0.25) is 0 Å². The molecular formula is C24H22F3N3O5. The zero-order valence-electron chi connectivity index (χ0n) is 18.6. The number of aromatic amines is 1. The summed E-state index contributed by atoms with van der Waals surface area (Å²) in [6.45, 7) is 0.476. The second kappa shape index (κ2) is 9.79. The molecule has 1 aromatic heterocycles. The van der Waals surface area contributed by atoms with Crippen molar-refractivity contribution in [1.82, 2.24) is 10.3 Å². The number of fused-ring (bicyclic) bond motifs is 1. The molecular weight excluding hydrogens is 467 g/mol. The van der Waals surface area contributed by atoms with E-state index in [0.717, 1.165) is 6.07 Å². The normalized spacial score (nSPS) is 15.9. The molecule has 1 fully saturated rings. The number of benzene rings is 2. The summed E-state index contributed by atoms with van der Waals surface area (Å²) >= 11 is 0. The van der Waals surface area contributed by atoms with Crippen LogP contribution in [0, 0.1) is 0 Å². The Labute approximate surface area is 197 Å². The van der Waals surface area contributed by atoms with E-state index < -0.39 is 35.5 Å². The Hall–Kier alpha value is -3.86. The number of H-pyrrole nitrogens is 1. The molecule has 1 atom stereocenters. The molecule has 0 aliphatic carbocycles. The summed E-state index contributed by atoms with van der Waals surface area (Å²) in [6, 6.07) is 11.0. The number of amides is 1. The number of alkyl halides is 3. The van der Waals surface area contributed by atoms with E-state index in [4.69, 9.17) is 9.47 Å². The number of carbonyl (C=O) groups is 2. The quantitative estimate of drug-likeness (QED) is 0.491.